The molecule has 0 radical (unpaired) electrons. The third-order valence-electron chi connectivity index (χ3n) is 5.29. The first kappa shape index (κ1) is 25.5. The van der Waals surface area contributed by atoms with Gasteiger partial charge in [-0.25, -0.2) is 0 Å². The highest BCUT2D eigenvalue weighted by Crippen LogP contribution is 2.36. The molecule has 7 heteroatoms. The fourth-order valence-corrected chi connectivity index (χ4v) is 3.56. The fraction of sp³-hybridized carbons (Fsp3) is 0.750. The van der Waals surface area contributed by atoms with Crippen LogP contribution in [-0.4, -0.2) is 46.9 Å². The number of unbranched alkanes of at least 4 members (excludes halogenated alkanes) is 1. The minimum atomic E-state index is -1.79. The van der Waals surface area contributed by atoms with E-state index >= 15 is 0 Å². The van der Waals surface area contributed by atoms with Crippen LogP contribution in [0.25, 0.3) is 0 Å². The van der Waals surface area contributed by atoms with Crippen LogP contribution in [0.3, 0.4) is 0 Å². The second-order valence-electron chi connectivity index (χ2n) is 8.28. The molecule has 6 nitrogen and oxygen atoms in total. The Bertz CT molecular complexity index is 543. The molecule has 0 saturated carbocycles. The molecule has 0 aromatic carbocycles. The van der Waals surface area contributed by atoms with E-state index in [-0.39, 0.29) is 10.8 Å². The number of hydrogen-bond donors (Lipinski definition) is 0. The number of rotatable bonds is 10. The molecule has 0 aliphatic rings. The maximum Gasteiger partial charge on any atom is 0.320 e. The van der Waals surface area contributed by atoms with Gasteiger partial charge in [0.25, 0.3) is 0 Å². The monoisotopic (exact) mass is 400 g/mol. The molecule has 0 bridgehead atoms. The van der Waals surface area contributed by atoms with Crippen molar-refractivity contribution in [2.45, 2.75) is 65.6 Å². The van der Waals surface area contributed by atoms with Crippen LogP contribution < -0.4 is 0 Å². The zero-order chi connectivity index (χ0) is 21.4. The Morgan fingerprint density at radius 2 is 1.52 bits per heavy atom. The van der Waals surface area contributed by atoms with Crippen LogP contribution in [0, 0.1) is 11.8 Å². The van der Waals surface area contributed by atoms with Crippen molar-refractivity contribution in [2.24, 2.45) is 11.8 Å². The molecule has 0 aliphatic heterocycles. The van der Waals surface area contributed by atoms with Gasteiger partial charge in [0.05, 0.1) is 14.2 Å². The number of carbonyl (C=O) groups is 3. The van der Waals surface area contributed by atoms with E-state index in [0.717, 1.165) is 6.42 Å². The van der Waals surface area contributed by atoms with Crippen LogP contribution in [0.15, 0.2) is 11.6 Å². The van der Waals surface area contributed by atoms with Gasteiger partial charge in [-0.2, -0.15) is 0 Å². The first-order chi connectivity index (χ1) is 12.3. The smallest absolute Gasteiger partial charge is 0.320 e. The van der Waals surface area contributed by atoms with Crippen molar-refractivity contribution in [3.05, 3.63) is 11.6 Å². The van der Waals surface area contributed by atoms with Crippen LogP contribution >= 0.6 is 0 Å². The molecular weight excluding hydrogens is 364 g/mol. The van der Waals surface area contributed by atoms with E-state index in [4.69, 9.17) is 13.9 Å². The molecule has 0 saturated heterocycles. The lowest BCUT2D eigenvalue weighted by Gasteiger charge is -2.36. The van der Waals surface area contributed by atoms with E-state index in [1.165, 1.54) is 21.1 Å². The number of ether oxygens (including phenoxy) is 2. The van der Waals surface area contributed by atoms with E-state index in [9.17, 15) is 14.4 Å². The highest BCUT2D eigenvalue weighted by molar-refractivity contribution is 6.74. The number of Topliss-reactive ketones (excluding diaryl/α,β-unsaturated/α-hetero) is 1. The Labute approximate surface area is 164 Å². The van der Waals surface area contributed by atoms with Crippen molar-refractivity contribution in [1.29, 1.82) is 0 Å². The molecule has 1 unspecified atom stereocenters. The van der Waals surface area contributed by atoms with Crippen LogP contribution in [0.5, 0.6) is 0 Å². The molecule has 156 valence electrons. The molecule has 0 spiro atoms. The number of hydrogen-bond acceptors (Lipinski definition) is 6. The average Bonchev–Trinajstić information content (AvgIpc) is 2.55. The molecule has 0 amide bonds. The van der Waals surface area contributed by atoms with Gasteiger partial charge in [0.1, 0.15) is 0 Å². The lowest BCUT2D eigenvalue weighted by molar-refractivity contribution is -0.160. The summed E-state index contributed by atoms with van der Waals surface area (Å²) in [5.41, 5.74) is 0.433. The topological polar surface area (TPSA) is 78.9 Å². The molecule has 0 rings (SSSR count). The quantitative estimate of drug-likeness (QED) is 0.182. The molecule has 0 heterocycles. The van der Waals surface area contributed by atoms with Gasteiger partial charge >= 0.3 is 11.9 Å². The molecule has 0 aliphatic carbocycles. The summed E-state index contributed by atoms with van der Waals surface area (Å²) in [6.07, 6.45) is 3.18. The standard InChI is InChI=1S/C20H36O6Si/c1-14(17(18(22)24-6)19(23)25-7)16(15(2)21)12-10-11-13-26-27(8,9)20(3,4)5/h12,14,17H,10-11,13H2,1-9H3/b16-12-. The van der Waals surface area contributed by atoms with Crippen LogP contribution in [-0.2, 0) is 28.3 Å². The zero-order valence-corrected chi connectivity index (χ0v) is 19.3. The summed E-state index contributed by atoms with van der Waals surface area (Å²) in [5.74, 6) is -3.36. The summed E-state index contributed by atoms with van der Waals surface area (Å²) in [6.45, 7) is 14.7. The minimum absolute atomic E-state index is 0.149. The maximum atomic E-state index is 12.1. The van der Waals surface area contributed by atoms with Crippen molar-refractivity contribution >= 4 is 26.0 Å². The zero-order valence-electron chi connectivity index (χ0n) is 18.3. The second-order valence-corrected chi connectivity index (χ2v) is 13.1. The Morgan fingerprint density at radius 3 is 1.89 bits per heavy atom. The first-order valence-corrected chi connectivity index (χ1v) is 12.2. The predicted octanol–water partition coefficient (Wildman–Crippen LogP) is 3.90. The number of methoxy groups -OCH3 is 2. The van der Waals surface area contributed by atoms with Crippen molar-refractivity contribution in [3.63, 3.8) is 0 Å². The third kappa shape index (κ3) is 7.58. The molecule has 0 aromatic rings. The number of ketones is 1. The minimum Gasteiger partial charge on any atom is -0.468 e. The van der Waals surface area contributed by atoms with Crippen molar-refractivity contribution in [2.75, 3.05) is 20.8 Å². The van der Waals surface area contributed by atoms with Crippen molar-refractivity contribution in [3.8, 4) is 0 Å². The van der Waals surface area contributed by atoms with Crippen LogP contribution in [0.2, 0.25) is 18.1 Å². The molecule has 0 fully saturated rings. The van der Waals surface area contributed by atoms with Gasteiger partial charge in [0.2, 0.25) is 0 Å². The largest absolute Gasteiger partial charge is 0.468 e. The van der Waals surface area contributed by atoms with Gasteiger partial charge in [-0.1, -0.05) is 33.8 Å². The summed E-state index contributed by atoms with van der Waals surface area (Å²) < 4.78 is 15.5. The van der Waals surface area contributed by atoms with E-state index in [0.29, 0.717) is 18.6 Å². The highest BCUT2D eigenvalue weighted by Gasteiger charge is 2.38. The van der Waals surface area contributed by atoms with E-state index < -0.39 is 32.1 Å². The predicted molar refractivity (Wildman–Crippen MR) is 108 cm³/mol. The summed E-state index contributed by atoms with van der Waals surface area (Å²) >= 11 is 0. The van der Waals surface area contributed by atoms with Crippen LogP contribution in [0.1, 0.15) is 47.5 Å². The highest BCUT2D eigenvalue weighted by atomic mass is 28.4. The van der Waals surface area contributed by atoms with Gasteiger partial charge in [-0.15, -0.1) is 0 Å². The Morgan fingerprint density at radius 1 is 1.04 bits per heavy atom. The average molecular weight is 401 g/mol. The van der Waals surface area contributed by atoms with Gasteiger partial charge < -0.3 is 13.9 Å². The lowest BCUT2D eigenvalue weighted by Crippen LogP contribution is -2.40. The van der Waals surface area contributed by atoms with Gasteiger partial charge in [0, 0.05) is 12.5 Å². The Balaban J connectivity index is 5.09. The number of allylic oxidation sites excluding steroid dienone is 2. The summed E-state index contributed by atoms with van der Waals surface area (Å²) in [7, 11) is 0.624. The third-order valence-corrected chi connectivity index (χ3v) is 9.83. The Kier molecular flexibility index (Phi) is 10.2. The summed E-state index contributed by atoms with van der Waals surface area (Å²) in [4.78, 5) is 36.0. The maximum absolute atomic E-state index is 12.1. The summed E-state index contributed by atoms with van der Waals surface area (Å²) in [6, 6.07) is 0. The SMILES string of the molecule is COC(=O)C(C(=O)OC)C(C)/C(=C/CCCO[Si](C)(C)C(C)(C)C)C(C)=O. The summed E-state index contributed by atoms with van der Waals surface area (Å²) in [5, 5.41) is 0.149. The molecular formula is C20H36O6Si. The van der Waals surface area contributed by atoms with Crippen molar-refractivity contribution < 1.29 is 28.3 Å². The first-order valence-electron chi connectivity index (χ1n) is 9.30. The second kappa shape index (κ2) is 10.8. The number of esters is 2. The van der Waals surface area contributed by atoms with Crippen molar-refractivity contribution in [1.82, 2.24) is 0 Å². The normalized spacial score (nSPS) is 14.1. The van der Waals surface area contributed by atoms with E-state index in [2.05, 4.69) is 33.9 Å². The number of carbonyl (C=O) groups excluding carboxylic acids is 3. The molecule has 1 atom stereocenters. The molecule has 0 aromatic heterocycles. The van der Waals surface area contributed by atoms with Crippen LogP contribution in [0.4, 0.5) is 0 Å². The lowest BCUT2D eigenvalue weighted by atomic mass is 9.84. The molecule has 0 N–H and O–H groups in total. The van der Waals surface area contributed by atoms with E-state index in [1.54, 1.807) is 13.0 Å². The Hall–Kier alpha value is -1.47. The van der Waals surface area contributed by atoms with Gasteiger partial charge in [-0.3, -0.25) is 14.4 Å². The van der Waals surface area contributed by atoms with Gasteiger partial charge in [-0.05, 0) is 43.5 Å². The fourth-order valence-electron chi connectivity index (χ4n) is 2.47. The molecule has 27 heavy (non-hydrogen) atoms. The van der Waals surface area contributed by atoms with Gasteiger partial charge in [0.15, 0.2) is 20.0 Å². The van der Waals surface area contributed by atoms with E-state index in [1.807, 2.05) is 0 Å².